The van der Waals surface area contributed by atoms with Gasteiger partial charge in [0.05, 0.1) is 67.6 Å². The van der Waals surface area contributed by atoms with Crippen LogP contribution in [0.1, 0.15) is 227 Å². The Hall–Kier alpha value is -9.89. The van der Waals surface area contributed by atoms with Crippen LogP contribution in [0.3, 0.4) is 0 Å². The average Bonchev–Trinajstić information content (AvgIpc) is 1.54. The molecule has 4 fully saturated rings. The fourth-order valence-electron chi connectivity index (χ4n) is 21.0. The minimum atomic E-state index is -5.67. The molecule has 4 aromatic heterocycles. The maximum atomic E-state index is 14.5. The molecular formula is C97H118ClF15N12O10. The van der Waals surface area contributed by atoms with Gasteiger partial charge in [-0.25, -0.2) is 4.39 Å². The molecule has 4 aromatic carbocycles. The van der Waals surface area contributed by atoms with Crippen LogP contribution in [0, 0.1) is 25.1 Å². The van der Waals surface area contributed by atoms with Crippen molar-refractivity contribution in [3.05, 3.63) is 222 Å². The highest BCUT2D eigenvalue weighted by Crippen LogP contribution is 2.53. The first-order valence-electron chi connectivity index (χ1n) is 45.0. The normalized spacial score (nSPS) is 18.9. The van der Waals surface area contributed by atoms with Crippen molar-refractivity contribution in [2.45, 2.75) is 210 Å². The van der Waals surface area contributed by atoms with E-state index in [0.717, 1.165) is 57.8 Å². The fraction of sp³-hybridized carbons (Fsp3) is 0.536. The van der Waals surface area contributed by atoms with Crippen LogP contribution in [0.15, 0.2) is 115 Å². The third kappa shape index (κ3) is 19.9. The van der Waals surface area contributed by atoms with Gasteiger partial charge in [0.15, 0.2) is 5.78 Å². The smallest absolute Gasteiger partial charge is 0.459 e. The van der Waals surface area contributed by atoms with Gasteiger partial charge in [-0.3, -0.25) is 43.6 Å². The number of carbonyl (C=O) groups excluding carboxylic acids is 5. The van der Waals surface area contributed by atoms with Crippen molar-refractivity contribution >= 4 is 41.0 Å². The Bertz CT molecular complexity index is 5730. The number of ketones is 1. The second kappa shape index (κ2) is 37.8. The monoisotopic (exact) mass is 1930 g/mol. The maximum Gasteiger partial charge on any atom is 0.459 e. The predicted octanol–water partition coefficient (Wildman–Crippen LogP) is 17.8. The molecule has 0 saturated carbocycles. The number of hydrogen-bond donors (Lipinski definition) is 4. The molecule has 16 rings (SSSR count). The van der Waals surface area contributed by atoms with Gasteiger partial charge in [-0.1, -0.05) is 44.5 Å². The van der Waals surface area contributed by atoms with Gasteiger partial charge in [0.2, 0.25) is 0 Å². The number of aromatic nitrogens is 4. The van der Waals surface area contributed by atoms with Crippen molar-refractivity contribution in [2.24, 2.45) is 5.41 Å². The summed E-state index contributed by atoms with van der Waals surface area (Å²) in [6.45, 7) is 22.4. The Balaban J connectivity index is 0.000000163. The highest BCUT2D eigenvalue weighted by molar-refractivity contribution is 6.31. The molecule has 0 atom stereocenters. The number of aliphatic hydroxyl groups excluding tert-OH is 1. The SMILES string of the molecule is CN1CCn2c(C(=O)C(C)(C)C)ccc2C12CCN(C(=O)c1ccc(O)c(C(F)(F)F)c1)CC2.CN1CCn2c(C(F)(F)F)cc(Cl)c2C12CCN(C(=O)c1ccc(C(C)(C)O)c(F)c1)CC2.Cc1cc(C(=O)N2CCC3(CC2)c2ccc(C(F)(F)C(F)(F)F)n2CCN3C)ccc1OCCCO.Cc1cc(C(=O)N2CCC3(CC2)c2ccc(C(F)(F)F)n2CCN3C)ccc1C(C)(C)O.[HH]. The number of fused-ring (bicyclic) bond motifs is 8. The topological polar surface area (TPSA) is 221 Å². The number of likely N-dealkylation sites (N-methyl/N-ethyl adjacent to an activating group) is 4. The first kappa shape index (κ1) is 103. The van der Waals surface area contributed by atoms with Gasteiger partial charge in [-0.2, -0.15) is 61.5 Å². The van der Waals surface area contributed by atoms with Crippen LogP contribution in [0.2, 0.25) is 5.02 Å². The van der Waals surface area contributed by atoms with Crippen LogP contribution in [0.25, 0.3) is 0 Å². The molecule has 135 heavy (non-hydrogen) atoms. The quantitative estimate of drug-likeness (QED) is 0.0508. The zero-order valence-corrected chi connectivity index (χ0v) is 78.5. The number of phenolic OH excluding ortho intramolecular Hbond substituents is 1. The number of Topliss-reactive ketones (excluding diaryl/α,β-unsaturated/α-hetero) is 1. The van der Waals surface area contributed by atoms with E-state index in [9.17, 15) is 105 Å². The van der Waals surface area contributed by atoms with Crippen molar-refractivity contribution in [3.8, 4) is 11.5 Å². The molecule has 0 unspecified atom stereocenters. The second-order valence-electron chi connectivity index (χ2n) is 38.8. The number of halogens is 16. The number of hydrogen-bond acceptors (Lipinski definition) is 14. The lowest BCUT2D eigenvalue weighted by atomic mass is 9.81. The number of phenols is 1. The van der Waals surface area contributed by atoms with Crippen LogP contribution >= 0.6 is 11.6 Å². The number of ether oxygens (including phenoxy) is 1. The van der Waals surface area contributed by atoms with E-state index in [2.05, 4.69) is 14.4 Å². The van der Waals surface area contributed by atoms with Gasteiger partial charge in [0, 0.05) is 169 Å². The zero-order valence-electron chi connectivity index (χ0n) is 77.7. The molecule has 38 heteroatoms. The highest BCUT2D eigenvalue weighted by atomic mass is 35.5. The number of likely N-dealkylation sites (tertiary alicyclic amines) is 4. The number of piperidine rings is 4. The molecule has 0 radical (unpaired) electrons. The molecule has 0 bridgehead atoms. The summed E-state index contributed by atoms with van der Waals surface area (Å²) in [5, 5.41) is 38.9. The Morgan fingerprint density at radius 3 is 1.19 bits per heavy atom. The van der Waals surface area contributed by atoms with E-state index >= 15 is 0 Å². The van der Waals surface area contributed by atoms with Crippen LogP contribution in [0.4, 0.5) is 65.9 Å². The van der Waals surface area contributed by atoms with Crippen LogP contribution in [-0.4, -0.2) is 233 Å². The molecule has 4 N–H and O–H groups in total. The predicted molar refractivity (Wildman–Crippen MR) is 476 cm³/mol. The van der Waals surface area contributed by atoms with Gasteiger partial charge in [0.25, 0.3) is 23.6 Å². The zero-order chi connectivity index (χ0) is 99.2. The lowest BCUT2D eigenvalue weighted by Gasteiger charge is -2.50. The van der Waals surface area contributed by atoms with Gasteiger partial charge < -0.3 is 63.0 Å². The first-order chi connectivity index (χ1) is 62.8. The van der Waals surface area contributed by atoms with Gasteiger partial charge in [-0.05, 0) is 241 Å². The van der Waals surface area contributed by atoms with E-state index in [4.69, 9.17) is 21.4 Å². The Morgan fingerprint density at radius 2 is 0.778 bits per heavy atom. The average molecular weight is 1930 g/mol. The second-order valence-corrected chi connectivity index (χ2v) is 39.2. The maximum absolute atomic E-state index is 14.5. The van der Waals surface area contributed by atoms with Gasteiger partial charge in [-0.15, -0.1) is 0 Å². The Morgan fingerprint density at radius 1 is 0.407 bits per heavy atom. The lowest BCUT2D eigenvalue weighted by Crippen LogP contribution is -2.57. The number of benzene rings is 4. The molecule has 8 aromatic rings. The van der Waals surface area contributed by atoms with E-state index in [1.54, 1.807) is 75.9 Å². The largest absolute Gasteiger partial charge is 0.507 e. The molecule has 8 aliphatic heterocycles. The molecule has 4 saturated heterocycles. The fourth-order valence-corrected chi connectivity index (χ4v) is 21.4. The molecule has 8 aliphatic rings. The van der Waals surface area contributed by atoms with E-state index in [1.165, 1.54) is 53.3 Å². The number of nitrogens with zero attached hydrogens (tertiary/aromatic N) is 12. The van der Waals surface area contributed by atoms with Crippen LogP contribution in [-0.2, 0) is 84.0 Å². The Labute approximate surface area is 780 Å². The molecular weight excluding hydrogens is 1810 g/mol. The Kier molecular flexibility index (Phi) is 28.7. The van der Waals surface area contributed by atoms with Crippen molar-refractivity contribution < 1.29 is 116 Å². The number of amides is 4. The number of alkyl halides is 14. The summed E-state index contributed by atoms with van der Waals surface area (Å²) in [6, 6.07) is 27.2. The molecule has 4 amide bonds. The van der Waals surface area contributed by atoms with Crippen LogP contribution < -0.4 is 4.74 Å². The first-order valence-corrected chi connectivity index (χ1v) is 45.4. The lowest BCUT2D eigenvalue weighted by molar-refractivity contribution is -0.292. The summed E-state index contributed by atoms with van der Waals surface area (Å²) >= 11 is 6.33. The summed E-state index contributed by atoms with van der Waals surface area (Å²) in [6.07, 6.45) is -14.8. The number of carbonyl (C=O) groups is 5. The number of aromatic hydroxyl groups is 1. The van der Waals surface area contributed by atoms with E-state index in [-0.39, 0.29) is 71.9 Å². The summed E-state index contributed by atoms with van der Waals surface area (Å²) in [4.78, 5) is 80.4. The molecule has 4 spiro atoms. The summed E-state index contributed by atoms with van der Waals surface area (Å²) < 4.78 is 214. The summed E-state index contributed by atoms with van der Waals surface area (Å²) in [7, 11) is 7.70. The van der Waals surface area contributed by atoms with Crippen molar-refractivity contribution in [3.63, 3.8) is 0 Å². The third-order valence-corrected chi connectivity index (χ3v) is 28.9. The summed E-state index contributed by atoms with van der Waals surface area (Å²) in [5.74, 6) is -6.90. The third-order valence-electron chi connectivity index (χ3n) is 28.6. The molecule has 0 aliphatic carbocycles. The molecule has 22 nitrogen and oxygen atoms in total. The number of aryl methyl sites for hydroxylation is 2. The van der Waals surface area contributed by atoms with Crippen molar-refractivity contribution in [1.29, 1.82) is 0 Å². The van der Waals surface area contributed by atoms with E-state index < -0.39 is 104 Å². The molecule has 12 heterocycles. The highest BCUT2D eigenvalue weighted by Gasteiger charge is 2.62. The standard InChI is InChI=1S/C25H30F5N3O3.C25H30F3N3O3.C24H30F3N3O2.C23H26ClF4N3O2.H2/c1-17-16-18(4-5-19(17)36-15-3-14-34)22(35)32-10-8-23(9-11-32)20-6-7-21(24(26,27)25(28,29)30)33(20)13-12-31(23)2;1-23(2,3)21(33)18-6-8-20-24(29(4)13-14-31(18)20)9-11-30(12-10-24)22(34)16-5-7-19(32)17(15-16)25(26,27)28;1-16-15-17(5-6-18(16)22(2,3)32)21(31)29-11-9-23(10-12-29)19-7-8-20(24(25,26)27)30(19)14-13-28(23)4;1-21(2,33)15-5-4-14(12-17(15)25)20(32)30-8-6-22(7-9-30)19-16(24)13-18(23(26,27)28)31(19)11-10-29(22)3;/h4-7,16,34H,3,8-15H2,1-2H3;5-8,15,32H,9-14H2,1-4H3;5-8,15,32H,9-14H2,1-4H3;4-5,12-13,33H,6-11H2,1-3H3;1H. The van der Waals surface area contributed by atoms with E-state index in [0.29, 0.717) is 195 Å². The van der Waals surface area contributed by atoms with Crippen molar-refractivity contribution in [2.75, 3.05) is 120 Å². The van der Waals surface area contributed by atoms with Gasteiger partial charge in [0.1, 0.15) is 28.7 Å². The van der Waals surface area contributed by atoms with Crippen molar-refractivity contribution in [1.82, 2.24) is 57.5 Å². The minimum Gasteiger partial charge on any atom is -0.507 e. The number of rotatable bonds is 12. The molecule has 738 valence electrons. The number of aliphatic hydroxyl groups is 3. The van der Waals surface area contributed by atoms with Crippen LogP contribution in [0.5, 0.6) is 11.5 Å². The summed E-state index contributed by atoms with van der Waals surface area (Å²) in [5.41, 5.74) is -1.83. The van der Waals surface area contributed by atoms with Gasteiger partial charge >= 0.3 is 30.6 Å². The van der Waals surface area contributed by atoms with E-state index in [1.807, 2.05) is 84.7 Å². The minimum absolute atomic E-state index is 0.